The Hall–Kier alpha value is -1.06. The van der Waals surface area contributed by atoms with Crippen molar-refractivity contribution in [1.29, 1.82) is 0 Å². The lowest BCUT2D eigenvalue weighted by molar-refractivity contribution is 0.185. The largest absolute Gasteiger partial charge is 0.390 e. The van der Waals surface area contributed by atoms with Gasteiger partial charge in [-0.05, 0) is 12.1 Å². The van der Waals surface area contributed by atoms with E-state index in [1.807, 2.05) is 18.2 Å². The van der Waals surface area contributed by atoms with E-state index in [1.54, 1.807) is 0 Å². The summed E-state index contributed by atoms with van der Waals surface area (Å²) >= 11 is 0. The molecule has 1 unspecified atom stereocenters. The molecule has 0 amide bonds. The third kappa shape index (κ3) is 2.25. The minimum atomic E-state index is -0.266. The van der Waals surface area contributed by atoms with Crippen molar-refractivity contribution in [3.8, 4) is 0 Å². The van der Waals surface area contributed by atoms with Crippen molar-refractivity contribution in [2.75, 3.05) is 31.1 Å². The van der Waals surface area contributed by atoms with Crippen LogP contribution in [-0.4, -0.2) is 37.4 Å². The Bertz CT molecular complexity index is 276. The maximum Gasteiger partial charge on any atom is 0.0839 e. The summed E-state index contributed by atoms with van der Waals surface area (Å²) < 4.78 is 0. The Balaban J connectivity index is 2.09. The van der Waals surface area contributed by atoms with E-state index in [0.717, 1.165) is 19.6 Å². The van der Waals surface area contributed by atoms with E-state index in [-0.39, 0.29) is 6.10 Å². The summed E-state index contributed by atoms with van der Waals surface area (Å²) in [5, 5.41) is 12.8. The van der Waals surface area contributed by atoms with Gasteiger partial charge in [0.15, 0.2) is 0 Å². The van der Waals surface area contributed by atoms with Gasteiger partial charge in [0, 0.05) is 31.9 Å². The first-order chi connectivity index (χ1) is 6.86. The van der Waals surface area contributed by atoms with Crippen LogP contribution in [0.1, 0.15) is 0 Å². The van der Waals surface area contributed by atoms with Gasteiger partial charge in [-0.3, -0.25) is 0 Å². The van der Waals surface area contributed by atoms with E-state index in [9.17, 15) is 5.11 Å². The monoisotopic (exact) mass is 192 g/mol. The summed E-state index contributed by atoms with van der Waals surface area (Å²) in [4.78, 5) is 2.21. The molecule has 1 aliphatic heterocycles. The SMILES string of the molecule is OC1CNCCN(c2ccccc2)C1. The van der Waals surface area contributed by atoms with Crippen LogP contribution in [0.2, 0.25) is 0 Å². The molecule has 3 heteroatoms. The summed E-state index contributed by atoms with van der Waals surface area (Å²) in [5.41, 5.74) is 1.19. The number of hydrogen-bond acceptors (Lipinski definition) is 3. The molecule has 2 N–H and O–H groups in total. The highest BCUT2D eigenvalue weighted by Gasteiger charge is 2.15. The molecule has 76 valence electrons. The Kier molecular flexibility index (Phi) is 3.01. The number of rotatable bonds is 1. The first-order valence-corrected chi connectivity index (χ1v) is 5.05. The summed E-state index contributed by atoms with van der Waals surface area (Å²) in [5.74, 6) is 0. The lowest BCUT2D eigenvalue weighted by Crippen LogP contribution is -2.32. The van der Waals surface area contributed by atoms with Crippen molar-refractivity contribution in [2.45, 2.75) is 6.10 Å². The van der Waals surface area contributed by atoms with Crippen LogP contribution in [0.15, 0.2) is 30.3 Å². The van der Waals surface area contributed by atoms with Crippen molar-refractivity contribution >= 4 is 5.69 Å². The Morgan fingerprint density at radius 1 is 1.29 bits per heavy atom. The van der Waals surface area contributed by atoms with Gasteiger partial charge in [-0.15, -0.1) is 0 Å². The van der Waals surface area contributed by atoms with Crippen LogP contribution in [-0.2, 0) is 0 Å². The molecule has 1 fully saturated rings. The molecular weight excluding hydrogens is 176 g/mol. The van der Waals surface area contributed by atoms with Crippen LogP contribution in [0, 0.1) is 0 Å². The van der Waals surface area contributed by atoms with Gasteiger partial charge in [0.25, 0.3) is 0 Å². The third-order valence-corrected chi connectivity index (χ3v) is 2.49. The van der Waals surface area contributed by atoms with Crippen LogP contribution < -0.4 is 10.2 Å². The van der Waals surface area contributed by atoms with Crippen LogP contribution in [0.25, 0.3) is 0 Å². The zero-order valence-corrected chi connectivity index (χ0v) is 8.19. The minimum absolute atomic E-state index is 0.266. The molecule has 2 rings (SSSR count). The average Bonchev–Trinajstić information content (AvgIpc) is 2.44. The fourth-order valence-electron chi connectivity index (χ4n) is 1.77. The molecule has 1 atom stereocenters. The van der Waals surface area contributed by atoms with Gasteiger partial charge in [-0.2, -0.15) is 0 Å². The highest BCUT2D eigenvalue weighted by Crippen LogP contribution is 2.13. The predicted molar refractivity (Wildman–Crippen MR) is 57.5 cm³/mol. The summed E-state index contributed by atoms with van der Waals surface area (Å²) in [6, 6.07) is 10.2. The van der Waals surface area contributed by atoms with Gasteiger partial charge in [0.2, 0.25) is 0 Å². The number of para-hydroxylation sites is 1. The number of β-amino-alcohol motifs (C(OH)–C–C–N with tert-alkyl or cyclic N) is 1. The first kappa shape index (κ1) is 9.49. The normalized spacial score (nSPS) is 23.2. The number of aliphatic hydroxyl groups is 1. The maximum absolute atomic E-state index is 9.62. The van der Waals surface area contributed by atoms with Gasteiger partial charge in [0.05, 0.1) is 6.10 Å². The Labute approximate surface area is 84.4 Å². The van der Waals surface area contributed by atoms with E-state index < -0.39 is 0 Å². The highest BCUT2D eigenvalue weighted by molar-refractivity contribution is 5.46. The van der Waals surface area contributed by atoms with Crippen molar-refractivity contribution in [3.05, 3.63) is 30.3 Å². The minimum Gasteiger partial charge on any atom is -0.390 e. The quantitative estimate of drug-likeness (QED) is 0.678. The third-order valence-electron chi connectivity index (χ3n) is 2.49. The molecule has 3 nitrogen and oxygen atoms in total. The van der Waals surface area contributed by atoms with E-state index in [2.05, 4.69) is 22.3 Å². The maximum atomic E-state index is 9.62. The lowest BCUT2D eigenvalue weighted by Gasteiger charge is -2.23. The Morgan fingerprint density at radius 2 is 2.07 bits per heavy atom. The second-order valence-electron chi connectivity index (χ2n) is 3.64. The number of benzene rings is 1. The molecule has 0 aromatic heterocycles. The second-order valence-corrected chi connectivity index (χ2v) is 3.64. The molecule has 0 aliphatic carbocycles. The molecule has 0 radical (unpaired) electrons. The van der Waals surface area contributed by atoms with Crippen molar-refractivity contribution < 1.29 is 5.11 Å². The average molecular weight is 192 g/mol. The number of hydrogen-bond donors (Lipinski definition) is 2. The smallest absolute Gasteiger partial charge is 0.0839 e. The Morgan fingerprint density at radius 3 is 2.86 bits per heavy atom. The second kappa shape index (κ2) is 4.44. The van der Waals surface area contributed by atoms with E-state index in [4.69, 9.17) is 0 Å². The van der Waals surface area contributed by atoms with Crippen LogP contribution in [0.4, 0.5) is 5.69 Å². The van der Waals surface area contributed by atoms with Gasteiger partial charge < -0.3 is 15.3 Å². The van der Waals surface area contributed by atoms with Gasteiger partial charge >= 0.3 is 0 Å². The lowest BCUT2D eigenvalue weighted by atomic mass is 10.2. The topological polar surface area (TPSA) is 35.5 Å². The standard InChI is InChI=1S/C11H16N2O/c14-11-8-12-6-7-13(9-11)10-4-2-1-3-5-10/h1-5,11-12,14H,6-9H2. The summed E-state index contributed by atoms with van der Waals surface area (Å²) in [6.07, 6.45) is -0.266. The molecule has 1 aromatic rings. The van der Waals surface area contributed by atoms with Gasteiger partial charge in [-0.1, -0.05) is 18.2 Å². The fraction of sp³-hybridized carbons (Fsp3) is 0.455. The van der Waals surface area contributed by atoms with Crippen LogP contribution in [0.3, 0.4) is 0 Å². The number of anilines is 1. The molecule has 0 bridgehead atoms. The molecule has 1 heterocycles. The molecule has 1 aromatic carbocycles. The van der Waals surface area contributed by atoms with Crippen molar-refractivity contribution in [1.82, 2.24) is 5.32 Å². The van der Waals surface area contributed by atoms with E-state index in [1.165, 1.54) is 5.69 Å². The van der Waals surface area contributed by atoms with Crippen molar-refractivity contribution in [2.24, 2.45) is 0 Å². The summed E-state index contributed by atoms with van der Waals surface area (Å²) in [7, 11) is 0. The fourth-order valence-corrected chi connectivity index (χ4v) is 1.77. The zero-order chi connectivity index (χ0) is 9.80. The molecule has 0 spiro atoms. The van der Waals surface area contributed by atoms with E-state index >= 15 is 0 Å². The summed E-state index contributed by atoms with van der Waals surface area (Å²) in [6.45, 7) is 3.31. The van der Waals surface area contributed by atoms with E-state index in [0.29, 0.717) is 6.54 Å². The number of nitrogens with zero attached hydrogens (tertiary/aromatic N) is 1. The van der Waals surface area contributed by atoms with Crippen LogP contribution in [0.5, 0.6) is 0 Å². The van der Waals surface area contributed by atoms with Gasteiger partial charge in [-0.25, -0.2) is 0 Å². The molecular formula is C11H16N2O. The highest BCUT2D eigenvalue weighted by atomic mass is 16.3. The molecule has 0 saturated carbocycles. The first-order valence-electron chi connectivity index (χ1n) is 5.05. The molecule has 1 aliphatic rings. The van der Waals surface area contributed by atoms with Crippen LogP contribution >= 0.6 is 0 Å². The van der Waals surface area contributed by atoms with Crippen molar-refractivity contribution in [3.63, 3.8) is 0 Å². The number of aliphatic hydroxyl groups excluding tert-OH is 1. The van der Waals surface area contributed by atoms with Gasteiger partial charge in [0.1, 0.15) is 0 Å². The number of nitrogens with one attached hydrogen (secondary N) is 1. The molecule has 14 heavy (non-hydrogen) atoms. The zero-order valence-electron chi connectivity index (χ0n) is 8.19. The molecule has 1 saturated heterocycles. The predicted octanol–water partition coefficient (Wildman–Crippen LogP) is 0.457.